The molecule has 1 heterocycles. The zero-order chi connectivity index (χ0) is 26.5. The van der Waals surface area contributed by atoms with Crippen molar-refractivity contribution in [2.45, 2.75) is 63.4 Å². The fourth-order valence-electron chi connectivity index (χ4n) is 5.40. The maximum atomic E-state index is 13.5. The molecule has 4 atom stereocenters. The molecule has 0 saturated heterocycles. The second kappa shape index (κ2) is 12.3. The normalized spacial score (nSPS) is 24.3. The van der Waals surface area contributed by atoms with Gasteiger partial charge in [0.1, 0.15) is 12.2 Å². The van der Waals surface area contributed by atoms with Crippen molar-refractivity contribution >= 4 is 11.8 Å². The van der Waals surface area contributed by atoms with E-state index < -0.39 is 30.1 Å². The molecule has 37 heavy (non-hydrogen) atoms. The van der Waals surface area contributed by atoms with Crippen LogP contribution in [0.3, 0.4) is 0 Å². The Balaban J connectivity index is 1.74. The molecule has 0 radical (unpaired) electrons. The van der Waals surface area contributed by atoms with Gasteiger partial charge in [-0.15, -0.1) is 0 Å². The van der Waals surface area contributed by atoms with Crippen LogP contribution in [0.1, 0.15) is 49.7 Å². The third-order valence-corrected chi connectivity index (χ3v) is 7.48. The van der Waals surface area contributed by atoms with Crippen LogP contribution in [0.5, 0.6) is 11.5 Å². The van der Waals surface area contributed by atoms with Crippen molar-refractivity contribution < 1.29 is 39.1 Å². The van der Waals surface area contributed by atoms with E-state index in [1.165, 1.54) is 7.11 Å². The Labute approximate surface area is 217 Å². The van der Waals surface area contributed by atoms with Crippen molar-refractivity contribution in [3.8, 4) is 11.5 Å². The number of carbonyl (C=O) groups excluding carboxylic acids is 2. The molecule has 3 aliphatic rings. The number of rotatable bonds is 12. The van der Waals surface area contributed by atoms with Crippen molar-refractivity contribution in [1.82, 2.24) is 10.2 Å². The first-order valence-corrected chi connectivity index (χ1v) is 13.1. The Morgan fingerprint density at radius 3 is 2.65 bits per heavy atom. The lowest BCUT2D eigenvalue weighted by molar-refractivity contribution is -0.144. The van der Waals surface area contributed by atoms with Gasteiger partial charge in [-0.3, -0.25) is 9.59 Å². The fraction of sp³-hybridized carbons (Fsp3) is 0.630. The quantitative estimate of drug-likeness (QED) is 0.299. The van der Waals surface area contributed by atoms with E-state index in [1.807, 2.05) is 6.92 Å². The zero-order valence-corrected chi connectivity index (χ0v) is 21.5. The highest BCUT2D eigenvalue weighted by Gasteiger charge is 2.51. The maximum absolute atomic E-state index is 13.5. The molecule has 1 aromatic carbocycles. The molecule has 0 unspecified atom stereocenters. The fourth-order valence-corrected chi connectivity index (χ4v) is 5.40. The molecule has 2 aliphatic carbocycles. The molecule has 0 aromatic heterocycles. The molecule has 10 heteroatoms. The van der Waals surface area contributed by atoms with Gasteiger partial charge in [-0.25, -0.2) is 0 Å². The van der Waals surface area contributed by atoms with Crippen molar-refractivity contribution in [3.63, 3.8) is 0 Å². The zero-order valence-electron chi connectivity index (χ0n) is 21.5. The molecule has 204 valence electrons. The number of hydrogen-bond acceptors (Lipinski definition) is 8. The summed E-state index contributed by atoms with van der Waals surface area (Å²) in [5.41, 5.74) is 1.56. The summed E-state index contributed by atoms with van der Waals surface area (Å²) >= 11 is 0. The number of aliphatic hydroxyl groups is 3. The SMILES string of the molecule is CCOCCCN(C(=O)C1CCC1)[C@@H]1C=C(C(=O)NCCO)[C@@H]2c3cc(CO)cc(OC)c3O[C@@H]2[C@H]1O. The molecular formula is C27H38N2O8. The van der Waals surface area contributed by atoms with Gasteiger partial charge in [0.2, 0.25) is 11.8 Å². The Morgan fingerprint density at radius 2 is 2.03 bits per heavy atom. The van der Waals surface area contributed by atoms with Crippen LogP contribution in [0.25, 0.3) is 0 Å². The van der Waals surface area contributed by atoms with Crippen molar-refractivity contribution in [3.05, 3.63) is 34.9 Å². The number of nitrogens with one attached hydrogen (secondary N) is 1. The van der Waals surface area contributed by atoms with E-state index in [9.17, 15) is 24.9 Å². The van der Waals surface area contributed by atoms with Gasteiger partial charge in [-0.2, -0.15) is 0 Å². The molecule has 0 spiro atoms. The molecule has 10 nitrogen and oxygen atoms in total. The maximum Gasteiger partial charge on any atom is 0.247 e. The highest BCUT2D eigenvalue weighted by atomic mass is 16.5. The van der Waals surface area contributed by atoms with Gasteiger partial charge in [0, 0.05) is 43.4 Å². The van der Waals surface area contributed by atoms with Crippen molar-refractivity contribution in [2.24, 2.45) is 5.92 Å². The van der Waals surface area contributed by atoms with Crippen LogP contribution in [-0.4, -0.2) is 90.3 Å². The number of methoxy groups -OCH3 is 1. The van der Waals surface area contributed by atoms with E-state index in [-0.39, 0.29) is 31.6 Å². The van der Waals surface area contributed by atoms with Gasteiger partial charge < -0.3 is 39.7 Å². The predicted molar refractivity (Wildman–Crippen MR) is 134 cm³/mol. The van der Waals surface area contributed by atoms with Crippen LogP contribution < -0.4 is 14.8 Å². The summed E-state index contributed by atoms with van der Waals surface area (Å²) in [6.45, 7) is 2.95. The van der Waals surface area contributed by atoms with Gasteiger partial charge in [-0.05, 0) is 50.0 Å². The summed E-state index contributed by atoms with van der Waals surface area (Å²) in [7, 11) is 1.49. The Hall–Kier alpha value is -2.66. The number of aliphatic hydroxyl groups excluding tert-OH is 3. The van der Waals surface area contributed by atoms with Crippen LogP contribution in [0.2, 0.25) is 0 Å². The monoisotopic (exact) mass is 518 g/mol. The van der Waals surface area contributed by atoms with E-state index in [2.05, 4.69) is 5.32 Å². The van der Waals surface area contributed by atoms with Crippen molar-refractivity contribution in [1.29, 1.82) is 0 Å². The molecule has 1 aromatic rings. The summed E-state index contributed by atoms with van der Waals surface area (Å²) < 4.78 is 17.2. The van der Waals surface area contributed by atoms with Gasteiger partial charge in [0.15, 0.2) is 11.5 Å². The Bertz CT molecular complexity index is 1010. The number of nitrogens with zero attached hydrogens (tertiary/aromatic N) is 1. The smallest absolute Gasteiger partial charge is 0.247 e. The van der Waals surface area contributed by atoms with Gasteiger partial charge in [0.25, 0.3) is 0 Å². The Kier molecular flexibility index (Phi) is 9.07. The molecular weight excluding hydrogens is 480 g/mol. The van der Waals surface area contributed by atoms with Crippen LogP contribution >= 0.6 is 0 Å². The predicted octanol–water partition coefficient (Wildman–Crippen LogP) is 0.865. The second-order valence-electron chi connectivity index (χ2n) is 9.73. The summed E-state index contributed by atoms with van der Waals surface area (Å²) in [4.78, 5) is 28.5. The highest BCUT2D eigenvalue weighted by molar-refractivity contribution is 5.96. The summed E-state index contributed by atoms with van der Waals surface area (Å²) in [6, 6.07) is 2.64. The van der Waals surface area contributed by atoms with Crippen LogP contribution in [0.15, 0.2) is 23.8 Å². The average molecular weight is 519 g/mol. The first kappa shape index (κ1) is 27.4. The third-order valence-electron chi connectivity index (χ3n) is 7.48. The molecule has 1 saturated carbocycles. The minimum atomic E-state index is -1.11. The lowest BCUT2D eigenvalue weighted by Gasteiger charge is -2.42. The van der Waals surface area contributed by atoms with E-state index in [0.29, 0.717) is 54.4 Å². The highest BCUT2D eigenvalue weighted by Crippen LogP contribution is 2.51. The van der Waals surface area contributed by atoms with Crippen LogP contribution in [0.4, 0.5) is 0 Å². The molecule has 4 rings (SSSR count). The van der Waals surface area contributed by atoms with E-state index in [4.69, 9.17) is 14.2 Å². The minimum absolute atomic E-state index is 0.0349. The number of fused-ring (bicyclic) bond motifs is 3. The second-order valence-corrected chi connectivity index (χ2v) is 9.73. The van der Waals surface area contributed by atoms with Crippen LogP contribution in [0, 0.1) is 5.92 Å². The topological polar surface area (TPSA) is 138 Å². The average Bonchev–Trinajstić information content (AvgIpc) is 3.26. The first-order chi connectivity index (χ1) is 17.9. The molecule has 4 N–H and O–H groups in total. The number of carbonyl (C=O) groups is 2. The lowest BCUT2D eigenvalue weighted by Crippen LogP contribution is -2.57. The van der Waals surface area contributed by atoms with E-state index >= 15 is 0 Å². The summed E-state index contributed by atoms with van der Waals surface area (Å²) in [5.74, 6) is -0.365. The standard InChI is InChI=1S/C27H38N2O8/c1-3-36-11-5-9-29(27(34)17-6-4-7-17)20-14-19(26(33)28-8-10-30)22-18-12-16(15-31)13-21(35-2)24(18)37-25(22)23(20)32/h12-14,17,20,22-23,25,30-32H,3-11,15H2,1-2H3,(H,28,33)/t20-,22+,23+,25+/m1/s1. The summed E-state index contributed by atoms with van der Waals surface area (Å²) in [6.07, 6.45) is 2.94. The van der Waals surface area contributed by atoms with Crippen molar-refractivity contribution in [2.75, 3.05) is 40.0 Å². The summed E-state index contributed by atoms with van der Waals surface area (Å²) in [5, 5.41) is 33.4. The first-order valence-electron chi connectivity index (χ1n) is 13.1. The number of benzene rings is 1. The Morgan fingerprint density at radius 1 is 1.24 bits per heavy atom. The van der Waals surface area contributed by atoms with E-state index in [0.717, 1.165) is 19.3 Å². The number of hydrogen-bond donors (Lipinski definition) is 4. The molecule has 0 bridgehead atoms. The van der Waals surface area contributed by atoms with Gasteiger partial charge in [0.05, 0.1) is 32.3 Å². The van der Waals surface area contributed by atoms with Crippen LogP contribution in [-0.2, 0) is 20.9 Å². The molecule has 2 amide bonds. The van der Waals surface area contributed by atoms with Gasteiger partial charge >= 0.3 is 0 Å². The minimum Gasteiger partial charge on any atom is -0.493 e. The molecule has 1 fully saturated rings. The number of amides is 2. The number of ether oxygens (including phenoxy) is 3. The van der Waals surface area contributed by atoms with E-state index in [1.54, 1.807) is 23.1 Å². The molecule has 1 aliphatic heterocycles. The van der Waals surface area contributed by atoms with Gasteiger partial charge in [-0.1, -0.05) is 6.42 Å². The lowest BCUT2D eigenvalue weighted by atomic mass is 9.76. The third kappa shape index (κ3) is 5.47. The largest absolute Gasteiger partial charge is 0.493 e.